The van der Waals surface area contributed by atoms with Crippen LogP contribution >= 0.6 is 0 Å². The third-order valence-corrected chi connectivity index (χ3v) is 5.11. The van der Waals surface area contributed by atoms with Gasteiger partial charge in [-0.05, 0) is 43.9 Å². The van der Waals surface area contributed by atoms with E-state index in [9.17, 15) is 0 Å². The molecule has 104 valence electrons. The van der Waals surface area contributed by atoms with Crippen LogP contribution in [-0.4, -0.2) is 25.3 Å². The molecular weight excluding hydrogens is 222 g/mol. The fourth-order valence-corrected chi connectivity index (χ4v) is 3.75. The summed E-state index contributed by atoms with van der Waals surface area (Å²) >= 11 is 0. The molecule has 1 aliphatic heterocycles. The zero-order valence-electron chi connectivity index (χ0n) is 11.7. The van der Waals surface area contributed by atoms with Gasteiger partial charge in [-0.15, -0.1) is 0 Å². The van der Waals surface area contributed by atoms with Crippen LogP contribution in [0.2, 0.25) is 0 Å². The Hall–Kier alpha value is -0.0800. The molecule has 3 aliphatic rings. The summed E-state index contributed by atoms with van der Waals surface area (Å²) in [7, 11) is 0. The molecule has 0 amide bonds. The van der Waals surface area contributed by atoms with Gasteiger partial charge in [-0.25, -0.2) is 0 Å². The molecule has 2 heteroatoms. The van der Waals surface area contributed by atoms with E-state index >= 15 is 0 Å². The quantitative estimate of drug-likeness (QED) is 0.807. The summed E-state index contributed by atoms with van der Waals surface area (Å²) in [6.07, 6.45) is 14.7. The van der Waals surface area contributed by atoms with Gasteiger partial charge in [0.05, 0.1) is 6.10 Å². The van der Waals surface area contributed by atoms with Gasteiger partial charge in [0.25, 0.3) is 0 Å². The highest BCUT2D eigenvalue weighted by Gasteiger charge is 2.30. The minimum absolute atomic E-state index is 0.563. The molecule has 0 aromatic rings. The van der Waals surface area contributed by atoms with Crippen molar-refractivity contribution in [2.24, 2.45) is 11.8 Å². The van der Waals surface area contributed by atoms with Crippen molar-refractivity contribution in [3.05, 3.63) is 0 Å². The summed E-state index contributed by atoms with van der Waals surface area (Å²) in [4.78, 5) is 0. The van der Waals surface area contributed by atoms with E-state index in [1.54, 1.807) is 0 Å². The van der Waals surface area contributed by atoms with Gasteiger partial charge in [0.2, 0.25) is 0 Å². The predicted molar refractivity (Wildman–Crippen MR) is 74.7 cm³/mol. The Labute approximate surface area is 112 Å². The summed E-state index contributed by atoms with van der Waals surface area (Å²) in [5.74, 6) is 1.76. The Morgan fingerprint density at radius 3 is 2.50 bits per heavy atom. The molecule has 2 aliphatic carbocycles. The molecule has 2 nitrogen and oxygen atoms in total. The minimum Gasteiger partial charge on any atom is -0.378 e. The zero-order valence-corrected chi connectivity index (χ0v) is 11.7. The van der Waals surface area contributed by atoms with Crippen LogP contribution in [-0.2, 0) is 4.74 Å². The zero-order chi connectivity index (χ0) is 12.2. The van der Waals surface area contributed by atoms with Gasteiger partial charge in [0.15, 0.2) is 0 Å². The molecule has 3 rings (SSSR count). The molecule has 2 unspecified atom stereocenters. The van der Waals surface area contributed by atoms with Gasteiger partial charge in [0.1, 0.15) is 0 Å². The summed E-state index contributed by atoms with van der Waals surface area (Å²) < 4.78 is 6.11. The molecule has 18 heavy (non-hydrogen) atoms. The number of hydrogen-bond donors (Lipinski definition) is 1. The lowest BCUT2D eigenvalue weighted by Gasteiger charge is -2.35. The maximum Gasteiger partial charge on any atom is 0.0618 e. The van der Waals surface area contributed by atoms with Gasteiger partial charge >= 0.3 is 0 Å². The first-order valence-electron chi connectivity index (χ1n) is 8.27. The fraction of sp³-hybridized carbons (Fsp3) is 1.00. The van der Waals surface area contributed by atoms with E-state index in [0.717, 1.165) is 24.5 Å². The fourth-order valence-electron chi connectivity index (χ4n) is 3.75. The number of ether oxygens (including phenoxy) is 1. The Balaban J connectivity index is 1.46. The Morgan fingerprint density at radius 1 is 0.889 bits per heavy atom. The van der Waals surface area contributed by atoms with Gasteiger partial charge in [0, 0.05) is 19.2 Å². The second kappa shape index (κ2) is 6.38. The van der Waals surface area contributed by atoms with Crippen LogP contribution in [0, 0.1) is 11.8 Å². The van der Waals surface area contributed by atoms with E-state index in [0.29, 0.717) is 6.10 Å². The van der Waals surface area contributed by atoms with Crippen LogP contribution in [0.1, 0.15) is 64.2 Å². The van der Waals surface area contributed by atoms with Crippen molar-refractivity contribution in [2.75, 3.05) is 13.2 Å². The highest BCUT2D eigenvalue weighted by atomic mass is 16.5. The average Bonchev–Trinajstić information content (AvgIpc) is 3.23. The van der Waals surface area contributed by atoms with Crippen LogP contribution in [0.3, 0.4) is 0 Å². The molecule has 0 aromatic carbocycles. The third-order valence-electron chi connectivity index (χ3n) is 5.11. The first-order chi connectivity index (χ1) is 8.92. The van der Waals surface area contributed by atoms with Crippen molar-refractivity contribution in [1.29, 1.82) is 0 Å². The highest BCUT2D eigenvalue weighted by Crippen LogP contribution is 2.33. The van der Waals surface area contributed by atoms with E-state index in [4.69, 9.17) is 4.74 Å². The summed E-state index contributed by atoms with van der Waals surface area (Å²) in [6, 6.07) is 0.849. The number of hydrogen-bond acceptors (Lipinski definition) is 2. The molecule has 0 aromatic heterocycles. The lowest BCUT2D eigenvalue weighted by atomic mass is 9.81. The summed E-state index contributed by atoms with van der Waals surface area (Å²) in [6.45, 7) is 2.22. The van der Waals surface area contributed by atoms with Crippen molar-refractivity contribution in [3.8, 4) is 0 Å². The van der Waals surface area contributed by atoms with Gasteiger partial charge in [-0.2, -0.15) is 0 Å². The first kappa shape index (κ1) is 12.9. The van der Waals surface area contributed by atoms with E-state index in [1.165, 1.54) is 70.8 Å². The minimum atomic E-state index is 0.563. The van der Waals surface area contributed by atoms with Gasteiger partial charge < -0.3 is 10.1 Å². The molecule has 0 bridgehead atoms. The Morgan fingerprint density at radius 2 is 1.72 bits per heavy atom. The molecule has 0 radical (unpaired) electrons. The molecule has 0 spiro atoms. The van der Waals surface area contributed by atoms with E-state index in [-0.39, 0.29) is 0 Å². The van der Waals surface area contributed by atoms with Gasteiger partial charge in [-0.1, -0.05) is 32.1 Å². The third kappa shape index (κ3) is 3.71. The van der Waals surface area contributed by atoms with Crippen LogP contribution in [0.5, 0.6) is 0 Å². The first-order valence-corrected chi connectivity index (χ1v) is 8.27. The molecule has 1 N–H and O–H groups in total. The van der Waals surface area contributed by atoms with E-state index in [1.807, 2.05) is 0 Å². The highest BCUT2D eigenvalue weighted by molar-refractivity contribution is 4.85. The maximum absolute atomic E-state index is 6.11. The van der Waals surface area contributed by atoms with Gasteiger partial charge in [-0.3, -0.25) is 0 Å². The largest absolute Gasteiger partial charge is 0.378 e. The summed E-state index contributed by atoms with van der Waals surface area (Å²) in [5, 5.41) is 3.71. The normalized spacial score (nSPS) is 34.7. The second-order valence-corrected chi connectivity index (χ2v) is 6.73. The predicted octanol–water partition coefficient (Wildman–Crippen LogP) is 3.50. The molecule has 3 fully saturated rings. The monoisotopic (exact) mass is 251 g/mol. The van der Waals surface area contributed by atoms with Crippen LogP contribution in [0.4, 0.5) is 0 Å². The smallest absolute Gasteiger partial charge is 0.0618 e. The van der Waals surface area contributed by atoms with Crippen molar-refractivity contribution in [3.63, 3.8) is 0 Å². The SMILES string of the molecule is C1CCC(CC2OCCCC2CNC2CC2)CC1. The Kier molecular flexibility index (Phi) is 4.58. The Bertz CT molecular complexity index is 245. The van der Waals surface area contributed by atoms with Crippen molar-refractivity contribution >= 4 is 0 Å². The molecule has 1 saturated heterocycles. The van der Waals surface area contributed by atoms with E-state index in [2.05, 4.69) is 5.32 Å². The molecule has 1 heterocycles. The summed E-state index contributed by atoms with van der Waals surface area (Å²) in [5.41, 5.74) is 0. The van der Waals surface area contributed by atoms with Crippen LogP contribution < -0.4 is 5.32 Å². The topological polar surface area (TPSA) is 21.3 Å². The average molecular weight is 251 g/mol. The lowest BCUT2D eigenvalue weighted by molar-refractivity contribution is -0.0411. The second-order valence-electron chi connectivity index (χ2n) is 6.73. The molecule has 2 atom stereocenters. The molecule has 2 saturated carbocycles. The van der Waals surface area contributed by atoms with Crippen LogP contribution in [0.25, 0.3) is 0 Å². The lowest BCUT2D eigenvalue weighted by Crippen LogP contribution is -2.38. The standard InChI is InChI=1S/C16H29NO/c1-2-5-13(6-3-1)11-16-14(7-4-10-18-16)12-17-15-8-9-15/h13-17H,1-12H2. The van der Waals surface area contributed by atoms with Crippen molar-refractivity contribution < 1.29 is 4.74 Å². The van der Waals surface area contributed by atoms with Crippen molar-refractivity contribution in [1.82, 2.24) is 5.32 Å². The molecular formula is C16H29NO. The number of nitrogens with one attached hydrogen (secondary N) is 1. The maximum atomic E-state index is 6.11. The number of rotatable bonds is 5. The van der Waals surface area contributed by atoms with E-state index < -0.39 is 0 Å². The van der Waals surface area contributed by atoms with Crippen LogP contribution in [0.15, 0.2) is 0 Å². The van der Waals surface area contributed by atoms with Crippen molar-refractivity contribution in [2.45, 2.75) is 76.4 Å².